The fourth-order valence-electron chi connectivity index (χ4n) is 1.89. The van der Waals surface area contributed by atoms with Gasteiger partial charge in [-0.1, -0.05) is 17.8 Å². The second-order valence-corrected chi connectivity index (χ2v) is 6.06. The predicted molar refractivity (Wildman–Crippen MR) is 82.7 cm³/mol. The first-order valence-electron chi connectivity index (χ1n) is 6.64. The van der Waals surface area contributed by atoms with Gasteiger partial charge in [0.15, 0.2) is 5.16 Å². The summed E-state index contributed by atoms with van der Waals surface area (Å²) in [5.41, 5.74) is 10.3. The van der Waals surface area contributed by atoms with E-state index >= 15 is 0 Å². The largest absolute Gasteiger partial charge is 0.327 e. The zero-order chi connectivity index (χ0) is 14.7. The summed E-state index contributed by atoms with van der Waals surface area (Å²) in [6.45, 7) is 8.05. The molecule has 0 fully saturated rings. The lowest BCUT2D eigenvalue weighted by Crippen LogP contribution is -2.23. The number of pyridine rings is 1. The Morgan fingerprint density at radius 2 is 1.75 bits per heavy atom. The predicted octanol–water partition coefficient (Wildman–Crippen LogP) is 2.98. The van der Waals surface area contributed by atoms with Crippen LogP contribution < -0.4 is 5.73 Å². The minimum absolute atomic E-state index is 0.0274. The second-order valence-electron chi connectivity index (χ2n) is 4.95. The molecule has 0 amide bonds. The molecule has 0 bridgehead atoms. The van der Waals surface area contributed by atoms with Crippen LogP contribution in [0.25, 0.3) is 0 Å². The molecular formula is C15H20N4S. The molecule has 0 radical (unpaired) electrons. The van der Waals surface area contributed by atoms with Crippen LogP contribution in [0.1, 0.15) is 34.8 Å². The van der Waals surface area contributed by atoms with Gasteiger partial charge in [-0.2, -0.15) is 0 Å². The van der Waals surface area contributed by atoms with E-state index in [1.54, 1.807) is 18.0 Å². The maximum Gasteiger partial charge on any atom is 0.188 e. The lowest BCUT2D eigenvalue weighted by molar-refractivity contribution is 0.701. The molecule has 0 saturated heterocycles. The highest BCUT2D eigenvalue weighted by Crippen LogP contribution is 2.34. The average molecular weight is 288 g/mol. The van der Waals surface area contributed by atoms with Gasteiger partial charge >= 0.3 is 0 Å². The Kier molecular flexibility index (Phi) is 4.73. The smallest absolute Gasteiger partial charge is 0.188 e. The first-order valence-corrected chi connectivity index (χ1v) is 7.52. The van der Waals surface area contributed by atoms with E-state index in [0.717, 1.165) is 27.8 Å². The Hall–Kier alpha value is -1.46. The van der Waals surface area contributed by atoms with Gasteiger partial charge in [0, 0.05) is 23.6 Å². The first kappa shape index (κ1) is 14.9. The highest BCUT2D eigenvalue weighted by molar-refractivity contribution is 7.99. The van der Waals surface area contributed by atoms with Crippen molar-refractivity contribution in [2.24, 2.45) is 5.73 Å². The van der Waals surface area contributed by atoms with E-state index in [9.17, 15) is 0 Å². The van der Waals surface area contributed by atoms with Crippen molar-refractivity contribution in [3.63, 3.8) is 0 Å². The van der Waals surface area contributed by atoms with Crippen LogP contribution in [-0.2, 0) is 0 Å². The summed E-state index contributed by atoms with van der Waals surface area (Å²) < 4.78 is 0. The summed E-state index contributed by atoms with van der Waals surface area (Å²) in [6.07, 6.45) is 1.79. The third-order valence-corrected chi connectivity index (χ3v) is 4.62. The molecule has 2 unspecified atom stereocenters. The maximum atomic E-state index is 6.11. The Labute approximate surface area is 124 Å². The number of aryl methyl sites for hydroxylation is 2. The molecule has 2 N–H and O–H groups in total. The van der Waals surface area contributed by atoms with Crippen LogP contribution in [0.5, 0.6) is 0 Å². The van der Waals surface area contributed by atoms with Gasteiger partial charge in [-0.15, -0.1) is 0 Å². The topological polar surface area (TPSA) is 64.7 Å². The molecule has 0 aliphatic carbocycles. The lowest BCUT2D eigenvalue weighted by atomic mass is 10.2. The van der Waals surface area contributed by atoms with Gasteiger partial charge in [0.2, 0.25) is 0 Å². The van der Waals surface area contributed by atoms with Crippen molar-refractivity contribution in [2.45, 2.75) is 44.1 Å². The normalized spacial score (nSPS) is 14.1. The van der Waals surface area contributed by atoms with Crippen LogP contribution in [0.15, 0.2) is 29.6 Å². The average Bonchev–Trinajstić information content (AvgIpc) is 2.42. The third kappa shape index (κ3) is 3.35. The molecule has 2 aromatic heterocycles. The molecule has 0 aliphatic rings. The third-order valence-electron chi connectivity index (χ3n) is 3.30. The summed E-state index contributed by atoms with van der Waals surface area (Å²) in [5, 5.41) is 0.816. The molecule has 4 nitrogen and oxygen atoms in total. The van der Waals surface area contributed by atoms with Crippen molar-refractivity contribution in [3.05, 3.63) is 47.0 Å². The zero-order valence-electron chi connectivity index (χ0n) is 12.3. The maximum absolute atomic E-state index is 6.11. The molecular weight excluding hydrogens is 268 g/mol. The van der Waals surface area contributed by atoms with Gasteiger partial charge in [-0.3, -0.25) is 4.98 Å². The fraction of sp³-hybridized carbons (Fsp3) is 0.400. The van der Waals surface area contributed by atoms with Gasteiger partial charge < -0.3 is 5.73 Å². The van der Waals surface area contributed by atoms with E-state index in [0.29, 0.717) is 0 Å². The highest BCUT2D eigenvalue weighted by Gasteiger charge is 2.21. The summed E-state index contributed by atoms with van der Waals surface area (Å²) in [6, 6.07) is 5.85. The summed E-state index contributed by atoms with van der Waals surface area (Å²) in [5.74, 6) is 0. The van der Waals surface area contributed by atoms with Crippen molar-refractivity contribution in [3.8, 4) is 0 Å². The van der Waals surface area contributed by atoms with E-state index in [1.165, 1.54) is 0 Å². The minimum Gasteiger partial charge on any atom is -0.327 e. The Bertz CT molecular complexity index is 561. The van der Waals surface area contributed by atoms with Gasteiger partial charge in [-0.05, 0) is 45.4 Å². The van der Waals surface area contributed by atoms with Gasteiger partial charge in [0.1, 0.15) is 0 Å². The van der Waals surface area contributed by atoms with Crippen molar-refractivity contribution in [1.82, 2.24) is 15.0 Å². The van der Waals surface area contributed by atoms with E-state index < -0.39 is 0 Å². The standard InChI is InChI=1S/C15H20N4S/c1-9-11(3)18-15(19-12(9)4)20-14(10(2)16)13-7-5-6-8-17-13/h5-8,10,14H,16H2,1-4H3. The number of hydrogen-bond acceptors (Lipinski definition) is 5. The lowest BCUT2D eigenvalue weighted by Gasteiger charge is -2.19. The molecule has 0 saturated carbocycles. The molecule has 5 heteroatoms. The highest BCUT2D eigenvalue weighted by atomic mass is 32.2. The number of aromatic nitrogens is 3. The summed E-state index contributed by atoms with van der Waals surface area (Å²) in [7, 11) is 0. The van der Waals surface area contributed by atoms with Crippen LogP contribution in [0.3, 0.4) is 0 Å². The van der Waals surface area contributed by atoms with E-state index in [2.05, 4.69) is 15.0 Å². The van der Waals surface area contributed by atoms with Crippen LogP contribution in [0, 0.1) is 20.8 Å². The molecule has 0 aliphatic heterocycles. The number of hydrogen-bond donors (Lipinski definition) is 1. The quantitative estimate of drug-likeness (QED) is 0.692. The van der Waals surface area contributed by atoms with E-state index in [4.69, 9.17) is 5.73 Å². The number of nitrogens with zero attached hydrogens (tertiary/aromatic N) is 3. The Morgan fingerprint density at radius 1 is 1.10 bits per heavy atom. The summed E-state index contributed by atoms with van der Waals surface area (Å²) >= 11 is 1.58. The zero-order valence-corrected chi connectivity index (χ0v) is 13.1. The van der Waals surface area contributed by atoms with Gasteiger partial charge in [0.05, 0.1) is 10.9 Å². The Morgan fingerprint density at radius 3 is 2.25 bits per heavy atom. The van der Waals surface area contributed by atoms with Crippen LogP contribution >= 0.6 is 11.8 Å². The molecule has 2 atom stereocenters. The molecule has 106 valence electrons. The Balaban J connectivity index is 2.30. The number of thioether (sulfide) groups is 1. The van der Waals surface area contributed by atoms with Crippen LogP contribution in [0.4, 0.5) is 0 Å². The monoisotopic (exact) mass is 288 g/mol. The molecule has 20 heavy (non-hydrogen) atoms. The molecule has 2 heterocycles. The van der Waals surface area contributed by atoms with Crippen molar-refractivity contribution in [1.29, 1.82) is 0 Å². The fourth-order valence-corrected chi connectivity index (χ4v) is 2.97. The van der Waals surface area contributed by atoms with Crippen LogP contribution in [-0.4, -0.2) is 21.0 Å². The van der Waals surface area contributed by atoms with Gasteiger partial charge in [-0.25, -0.2) is 9.97 Å². The van der Waals surface area contributed by atoms with E-state index in [-0.39, 0.29) is 11.3 Å². The molecule has 0 aromatic carbocycles. The molecule has 2 aromatic rings. The molecule has 0 spiro atoms. The van der Waals surface area contributed by atoms with Crippen molar-refractivity contribution < 1.29 is 0 Å². The van der Waals surface area contributed by atoms with Crippen LogP contribution in [0.2, 0.25) is 0 Å². The first-order chi connectivity index (χ1) is 9.49. The number of rotatable bonds is 4. The minimum atomic E-state index is -0.0274. The van der Waals surface area contributed by atoms with E-state index in [1.807, 2.05) is 45.9 Å². The van der Waals surface area contributed by atoms with Crippen molar-refractivity contribution in [2.75, 3.05) is 0 Å². The van der Waals surface area contributed by atoms with Crippen molar-refractivity contribution >= 4 is 11.8 Å². The second kappa shape index (κ2) is 6.33. The molecule has 2 rings (SSSR count). The van der Waals surface area contributed by atoms with Gasteiger partial charge in [0.25, 0.3) is 0 Å². The SMILES string of the molecule is Cc1nc(SC(c2ccccn2)C(C)N)nc(C)c1C. The number of nitrogens with two attached hydrogens (primary N) is 1. The summed E-state index contributed by atoms with van der Waals surface area (Å²) in [4.78, 5) is 13.5.